The van der Waals surface area contributed by atoms with Crippen molar-refractivity contribution in [3.05, 3.63) is 0 Å². The van der Waals surface area contributed by atoms with Crippen LogP contribution in [0.25, 0.3) is 0 Å². The highest BCUT2D eigenvalue weighted by atomic mass is 16.4. The molecule has 0 radical (unpaired) electrons. The fraction of sp³-hybridized carbons (Fsp3) is 0.941. The minimum absolute atomic E-state index is 0.160. The normalized spacial score (nSPS) is 31.6. The first-order valence-electron chi connectivity index (χ1n) is 8.29. The Balaban J connectivity index is 2.10. The van der Waals surface area contributed by atoms with Crippen molar-refractivity contribution >= 4 is 5.97 Å². The molecule has 2 aliphatic carbocycles. The SMILES string of the molecule is CCN(CC1CC1)C1CC(C(C)(C)C)CCC1C(=O)O. The molecule has 0 heterocycles. The fourth-order valence-electron chi connectivity index (χ4n) is 3.76. The molecule has 116 valence electrons. The van der Waals surface area contributed by atoms with Crippen molar-refractivity contribution in [2.24, 2.45) is 23.2 Å². The van der Waals surface area contributed by atoms with E-state index < -0.39 is 5.97 Å². The zero-order chi connectivity index (χ0) is 14.9. The Morgan fingerprint density at radius 1 is 1.20 bits per heavy atom. The number of carboxylic acids is 1. The summed E-state index contributed by atoms with van der Waals surface area (Å²) < 4.78 is 0. The van der Waals surface area contributed by atoms with Crippen LogP contribution in [-0.2, 0) is 4.79 Å². The van der Waals surface area contributed by atoms with E-state index in [0.717, 1.165) is 38.3 Å². The van der Waals surface area contributed by atoms with Crippen molar-refractivity contribution in [2.75, 3.05) is 13.1 Å². The summed E-state index contributed by atoms with van der Waals surface area (Å²) in [6, 6.07) is 0.246. The predicted octanol–water partition coefficient (Wildman–Crippen LogP) is 3.63. The zero-order valence-electron chi connectivity index (χ0n) is 13.6. The van der Waals surface area contributed by atoms with Crippen LogP contribution in [0.3, 0.4) is 0 Å². The molecule has 2 aliphatic rings. The number of carbonyl (C=O) groups is 1. The summed E-state index contributed by atoms with van der Waals surface area (Å²) in [5, 5.41) is 9.57. The third kappa shape index (κ3) is 3.75. The molecule has 0 aromatic heterocycles. The minimum Gasteiger partial charge on any atom is -0.481 e. The lowest BCUT2D eigenvalue weighted by Gasteiger charge is -2.45. The molecule has 0 amide bonds. The van der Waals surface area contributed by atoms with Gasteiger partial charge in [0.25, 0.3) is 0 Å². The molecule has 20 heavy (non-hydrogen) atoms. The summed E-state index contributed by atoms with van der Waals surface area (Å²) in [6.45, 7) is 11.2. The van der Waals surface area contributed by atoms with Gasteiger partial charge in [-0.3, -0.25) is 9.69 Å². The van der Waals surface area contributed by atoms with Gasteiger partial charge in [-0.1, -0.05) is 27.7 Å². The highest BCUT2D eigenvalue weighted by Gasteiger charge is 2.42. The summed E-state index contributed by atoms with van der Waals surface area (Å²) >= 11 is 0. The molecule has 0 saturated heterocycles. The lowest BCUT2D eigenvalue weighted by atomic mass is 9.67. The van der Waals surface area contributed by atoms with Crippen LogP contribution in [0.15, 0.2) is 0 Å². The van der Waals surface area contributed by atoms with Crippen LogP contribution in [0.4, 0.5) is 0 Å². The van der Waals surface area contributed by atoms with Crippen molar-refractivity contribution in [1.29, 1.82) is 0 Å². The average molecular weight is 281 g/mol. The number of nitrogens with zero attached hydrogens (tertiary/aromatic N) is 1. The maximum Gasteiger partial charge on any atom is 0.308 e. The molecule has 2 saturated carbocycles. The van der Waals surface area contributed by atoms with Crippen LogP contribution in [0.1, 0.15) is 59.8 Å². The van der Waals surface area contributed by atoms with Crippen molar-refractivity contribution in [3.8, 4) is 0 Å². The molecule has 3 heteroatoms. The van der Waals surface area contributed by atoms with Crippen molar-refractivity contribution in [3.63, 3.8) is 0 Å². The molecule has 3 atom stereocenters. The largest absolute Gasteiger partial charge is 0.481 e. The van der Waals surface area contributed by atoms with E-state index in [1.54, 1.807) is 0 Å². The van der Waals surface area contributed by atoms with Gasteiger partial charge < -0.3 is 5.11 Å². The molecule has 0 aliphatic heterocycles. The van der Waals surface area contributed by atoms with E-state index in [0.29, 0.717) is 11.3 Å². The van der Waals surface area contributed by atoms with Gasteiger partial charge in [0, 0.05) is 12.6 Å². The first-order valence-corrected chi connectivity index (χ1v) is 8.29. The Morgan fingerprint density at radius 2 is 1.85 bits per heavy atom. The van der Waals surface area contributed by atoms with E-state index in [4.69, 9.17) is 0 Å². The molecule has 3 unspecified atom stereocenters. The molecular formula is C17H31NO2. The van der Waals surface area contributed by atoms with Gasteiger partial charge in [0.05, 0.1) is 5.92 Å². The number of hydrogen-bond donors (Lipinski definition) is 1. The van der Waals surface area contributed by atoms with E-state index in [2.05, 4.69) is 32.6 Å². The van der Waals surface area contributed by atoms with E-state index in [1.165, 1.54) is 12.8 Å². The summed E-state index contributed by atoms with van der Waals surface area (Å²) in [5.74, 6) is 0.736. The van der Waals surface area contributed by atoms with Crippen LogP contribution in [0, 0.1) is 23.2 Å². The quantitative estimate of drug-likeness (QED) is 0.836. The second kappa shape index (κ2) is 6.05. The highest BCUT2D eigenvalue weighted by molar-refractivity contribution is 5.71. The molecule has 0 bridgehead atoms. The maximum atomic E-state index is 11.6. The number of carboxylic acid groups (broad SMARTS) is 1. The van der Waals surface area contributed by atoms with Gasteiger partial charge >= 0.3 is 5.97 Å². The maximum absolute atomic E-state index is 11.6. The smallest absolute Gasteiger partial charge is 0.308 e. The number of aliphatic carboxylic acids is 1. The van der Waals surface area contributed by atoms with Crippen molar-refractivity contribution in [2.45, 2.75) is 65.8 Å². The third-order valence-corrected chi connectivity index (χ3v) is 5.42. The number of rotatable bonds is 5. The van der Waals surface area contributed by atoms with E-state index in [1.807, 2.05) is 0 Å². The van der Waals surface area contributed by atoms with Gasteiger partial charge in [0.1, 0.15) is 0 Å². The summed E-state index contributed by atoms with van der Waals surface area (Å²) in [4.78, 5) is 14.1. The van der Waals surface area contributed by atoms with Gasteiger partial charge in [-0.15, -0.1) is 0 Å². The first kappa shape index (κ1) is 15.8. The molecule has 1 N–H and O–H groups in total. The van der Waals surface area contributed by atoms with Crippen molar-refractivity contribution in [1.82, 2.24) is 4.90 Å². The minimum atomic E-state index is -0.586. The van der Waals surface area contributed by atoms with Gasteiger partial charge in [-0.2, -0.15) is 0 Å². The van der Waals surface area contributed by atoms with Gasteiger partial charge in [0.15, 0.2) is 0 Å². The second-order valence-electron chi connectivity index (χ2n) is 7.92. The Labute approximate surface area is 123 Å². The monoisotopic (exact) mass is 281 g/mol. The average Bonchev–Trinajstić information content (AvgIpc) is 3.18. The predicted molar refractivity (Wildman–Crippen MR) is 81.7 cm³/mol. The Morgan fingerprint density at radius 3 is 2.30 bits per heavy atom. The standard InChI is InChI=1S/C17H31NO2/c1-5-18(11-12-6-7-12)15-10-13(17(2,3)4)8-9-14(15)16(19)20/h12-15H,5-11H2,1-4H3,(H,19,20). The van der Waals surface area contributed by atoms with E-state index >= 15 is 0 Å². The van der Waals surface area contributed by atoms with Gasteiger partial charge in [0.2, 0.25) is 0 Å². The van der Waals surface area contributed by atoms with Crippen LogP contribution in [-0.4, -0.2) is 35.1 Å². The lowest BCUT2D eigenvalue weighted by Crippen LogP contribution is -2.49. The summed E-state index contributed by atoms with van der Waals surface area (Å²) in [6.07, 6.45) is 5.65. The summed E-state index contributed by atoms with van der Waals surface area (Å²) in [5.41, 5.74) is 0.292. The Kier molecular flexibility index (Phi) is 4.78. The fourth-order valence-corrected chi connectivity index (χ4v) is 3.76. The van der Waals surface area contributed by atoms with Crippen LogP contribution < -0.4 is 0 Å². The Hall–Kier alpha value is -0.570. The molecule has 3 nitrogen and oxygen atoms in total. The van der Waals surface area contributed by atoms with Crippen LogP contribution in [0.2, 0.25) is 0 Å². The van der Waals surface area contributed by atoms with Crippen LogP contribution in [0.5, 0.6) is 0 Å². The molecule has 0 spiro atoms. The second-order valence-corrected chi connectivity index (χ2v) is 7.92. The topological polar surface area (TPSA) is 40.5 Å². The van der Waals surface area contributed by atoms with E-state index in [9.17, 15) is 9.90 Å². The molecule has 2 rings (SSSR count). The number of hydrogen-bond acceptors (Lipinski definition) is 2. The van der Waals surface area contributed by atoms with E-state index in [-0.39, 0.29) is 12.0 Å². The van der Waals surface area contributed by atoms with Gasteiger partial charge in [-0.05, 0) is 55.9 Å². The molecular weight excluding hydrogens is 250 g/mol. The highest BCUT2D eigenvalue weighted by Crippen LogP contribution is 2.42. The van der Waals surface area contributed by atoms with Crippen molar-refractivity contribution < 1.29 is 9.90 Å². The first-order chi connectivity index (χ1) is 9.32. The zero-order valence-corrected chi connectivity index (χ0v) is 13.6. The summed E-state index contributed by atoms with van der Waals surface area (Å²) in [7, 11) is 0. The molecule has 0 aromatic carbocycles. The lowest BCUT2D eigenvalue weighted by molar-refractivity contribution is -0.147. The molecule has 2 fully saturated rings. The van der Waals surface area contributed by atoms with Gasteiger partial charge in [-0.25, -0.2) is 0 Å². The Bertz CT molecular complexity index is 343. The van der Waals surface area contributed by atoms with Crippen LogP contribution >= 0.6 is 0 Å². The molecule has 0 aromatic rings. The third-order valence-electron chi connectivity index (χ3n) is 5.42.